The Balaban J connectivity index is 0.0000000851. The molecule has 632 valence electrons. The van der Waals surface area contributed by atoms with Crippen LogP contribution in [0, 0.1) is 0 Å². The molecule has 7 aromatic heterocycles. The molecular weight excluding hydrogens is 1660 g/mol. The molecule has 4 aliphatic rings. The number of hydrogen-bond acceptors (Lipinski definition) is 6. The van der Waals surface area contributed by atoms with Gasteiger partial charge in [-0.2, -0.15) is 0 Å². The number of anilines is 6. The molecule has 3 aliphatic heterocycles. The topological polar surface area (TPSA) is 88.4 Å². The zero-order valence-corrected chi connectivity index (χ0v) is 75.1. The van der Waals surface area contributed by atoms with Crippen LogP contribution in [0.1, 0.15) is 54.4 Å². The smallest absolute Gasteiger partial charge is 0.0646 e. The number of nitrogens with one attached hydrogen (secondary N) is 6. The predicted octanol–water partition coefficient (Wildman–Crippen LogP) is 35.5. The van der Waals surface area contributed by atoms with Gasteiger partial charge < -0.3 is 35.5 Å². The lowest BCUT2D eigenvalue weighted by Crippen LogP contribution is -2.34. The van der Waals surface area contributed by atoms with Gasteiger partial charge in [0.1, 0.15) is 0 Å². The normalized spacial score (nSPS) is 13.0. The van der Waals surface area contributed by atoms with Gasteiger partial charge in [0.15, 0.2) is 0 Å². The van der Waals surface area contributed by atoms with Crippen molar-refractivity contribution in [3.8, 4) is 27.9 Å². The largest absolute Gasteiger partial charge is 0.355 e. The van der Waals surface area contributed by atoms with E-state index in [1.54, 1.807) is 0 Å². The minimum Gasteiger partial charge on any atom is -0.355 e. The molecule has 1 fully saturated rings. The fourth-order valence-electron chi connectivity index (χ4n) is 21.0. The van der Waals surface area contributed by atoms with Crippen molar-refractivity contribution in [1.29, 1.82) is 0 Å². The van der Waals surface area contributed by atoms with Crippen LogP contribution in [0.5, 0.6) is 0 Å². The number of hydrogen-bond donors (Lipinski definition) is 6. The van der Waals surface area contributed by atoms with Gasteiger partial charge in [0.25, 0.3) is 0 Å². The van der Waals surface area contributed by atoms with Gasteiger partial charge in [-0.25, -0.2) is 0 Å². The van der Waals surface area contributed by atoms with Crippen molar-refractivity contribution in [2.24, 2.45) is 0 Å². The van der Waals surface area contributed by atoms with Crippen LogP contribution in [0.3, 0.4) is 0 Å². The molecular formula is C122H91N7S3. The highest BCUT2D eigenvalue weighted by atomic mass is 32.1. The van der Waals surface area contributed by atoms with E-state index in [2.05, 4.69) is 466 Å². The molecule has 0 saturated heterocycles. The fraction of sp³-hybridized carbons (Fsp3) is 0.0656. The van der Waals surface area contributed by atoms with Crippen LogP contribution in [-0.2, 0) is 18.3 Å². The lowest BCUT2D eigenvalue weighted by Gasteiger charge is -2.43. The Labute approximate surface area is 776 Å². The van der Waals surface area contributed by atoms with Crippen molar-refractivity contribution in [2.45, 2.75) is 50.4 Å². The maximum Gasteiger partial charge on any atom is 0.0646 e. The van der Waals surface area contributed by atoms with E-state index in [1.807, 2.05) is 34.0 Å². The molecule has 30 rings (SSSR count). The van der Waals surface area contributed by atoms with Gasteiger partial charge in [-0.05, 0) is 180 Å². The Hall–Kier alpha value is -15.6. The summed E-state index contributed by atoms with van der Waals surface area (Å²) in [5, 5.41) is 29.4. The van der Waals surface area contributed by atoms with Gasteiger partial charge in [0.05, 0.1) is 21.3 Å². The quantitative estimate of drug-likeness (QED) is 0.0990. The van der Waals surface area contributed by atoms with Gasteiger partial charge in [0, 0.05) is 183 Å². The summed E-state index contributed by atoms with van der Waals surface area (Å²) >= 11 is 5.62. The number of benzene rings is 19. The molecule has 26 aromatic rings. The maximum absolute atomic E-state index is 3.61. The third kappa shape index (κ3) is 14.5. The lowest BCUT2D eigenvalue weighted by atomic mass is 9.63. The van der Waals surface area contributed by atoms with E-state index in [0.717, 1.165) is 12.8 Å². The molecule has 132 heavy (non-hydrogen) atoms. The van der Waals surface area contributed by atoms with Crippen LogP contribution in [0.4, 0.5) is 34.1 Å². The van der Waals surface area contributed by atoms with Crippen LogP contribution in [-0.4, -0.2) is 19.5 Å². The zero-order chi connectivity index (χ0) is 87.4. The second kappa shape index (κ2) is 34.5. The van der Waals surface area contributed by atoms with Gasteiger partial charge in [-0.1, -0.05) is 329 Å². The summed E-state index contributed by atoms with van der Waals surface area (Å²) in [7, 11) is 0. The van der Waals surface area contributed by atoms with Crippen LogP contribution < -0.4 is 16.0 Å². The number of nitrogens with zero attached hydrogens (tertiary/aromatic N) is 1. The van der Waals surface area contributed by atoms with Crippen molar-refractivity contribution >= 4 is 216 Å². The first-order chi connectivity index (χ1) is 65.4. The van der Waals surface area contributed by atoms with Gasteiger partial charge in [0.2, 0.25) is 0 Å². The maximum atomic E-state index is 3.61. The number of aryl methyl sites for hydroxylation is 2. The minimum absolute atomic E-state index is 0.261. The monoisotopic (exact) mass is 1750 g/mol. The summed E-state index contributed by atoms with van der Waals surface area (Å²) in [5.74, 6) is 0. The molecule has 10 heterocycles. The summed E-state index contributed by atoms with van der Waals surface area (Å²) in [6.45, 7) is 0. The van der Waals surface area contributed by atoms with Crippen molar-refractivity contribution in [3.63, 3.8) is 0 Å². The number of aromatic amines is 3. The Morgan fingerprint density at radius 3 is 1.26 bits per heavy atom. The van der Waals surface area contributed by atoms with E-state index in [4.69, 9.17) is 0 Å². The molecule has 19 aromatic carbocycles. The molecule has 0 amide bonds. The first kappa shape index (κ1) is 79.8. The number of aromatic nitrogens is 4. The number of H-pyrrole nitrogens is 3. The van der Waals surface area contributed by atoms with Gasteiger partial charge >= 0.3 is 0 Å². The van der Waals surface area contributed by atoms with E-state index >= 15 is 0 Å². The zero-order valence-electron chi connectivity index (χ0n) is 72.6. The molecule has 0 atom stereocenters. The molecule has 7 nitrogen and oxygen atoms in total. The average molecular weight is 1750 g/mol. The molecule has 0 radical (unpaired) electrons. The third-order valence-corrected chi connectivity index (χ3v) is 30.6. The minimum atomic E-state index is 0.261. The Morgan fingerprint density at radius 1 is 0.227 bits per heavy atom. The molecule has 1 saturated carbocycles. The Kier molecular flexibility index (Phi) is 20.8. The Bertz CT molecular complexity index is 8350. The van der Waals surface area contributed by atoms with E-state index in [0.29, 0.717) is 0 Å². The summed E-state index contributed by atoms with van der Waals surface area (Å²) < 4.78 is 10.5. The second-order valence-corrected chi connectivity index (χ2v) is 37.9. The number of fused-ring (bicyclic) bond motifs is 34. The van der Waals surface area contributed by atoms with E-state index in [1.165, 1.54) is 264 Å². The molecule has 6 N–H and O–H groups in total. The number of para-hydroxylation sites is 12. The molecule has 1 spiro atoms. The first-order valence-electron chi connectivity index (χ1n) is 45.9. The van der Waals surface area contributed by atoms with Crippen LogP contribution in [0.2, 0.25) is 0 Å². The molecule has 0 unspecified atom stereocenters. The van der Waals surface area contributed by atoms with Gasteiger partial charge in [-0.3, -0.25) is 0 Å². The number of rotatable bonds is 1. The molecule has 1 aliphatic carbocycles. The first-order valence-corrected chi connectivity index (χ1v) is 48.3. The molecule has 10 heteroatoms. The second-order valence-electron chi connectivity index (χ2n) is 34.7. The summed E-state index contributed by atoms with van der Waals surface area (Å²) in [6, 6.07) is 153. The van der Waals surface area contributed by atoms with Crippen molar-refractivity contribution in [2.75, 3.05) is 16.0 Å². The van der Waals surface area contributed by atoms with Crippen molar-refractivity contribution in [1.82, 2.24) is 19.5 Å². The average Bonchev–Trinajstić information content (AvgIpc) is 1.48. The van der Waals surface area contributed by atoms with E-state index in [-0.39, 0.29) is 5.41 Å². The van der Waals surface area contributed by atoms with Gasteiger partial charge in [-0.15, -0.1) is 34.0 Å². The van der Waals surface area contributed by atoms with E-state index in [9.17, 15) is 0 Å². The van der Waals surface area contributed by atoms with Crippen LogP contribution >= 0.6 is 34.0 Å². The fourth-order valence-corrected chi connectivity index (χ4v) is 24.4. The van der Waals surface area contributed by atoms with Crippen molar-refractivity contribution < 1.29 is 0 Å². The van der Waals surface area contributed by atoms with E-state index < -0.39 is 0 Å². The molecule has 0 bridgehead atoms. The summed E-state index contributed by atoms with van der Waals surface area (Å²) in [6.07, 6.45) is 8.93. The van der Waals surface area contributed by atoms with Crippen molar-refractivity contribution in [3.05, 3.63) is 453 Å². The standard InChI is InChI=1S/3C18H11NS.C18H19N.2C18H13N.C14H13N/c1-3-7-15-11(5-1)13-10-18-14(9-16(13)19-15)12-6-2-4-8-17(12)20-18;1-3-7-15-11(5-1)13-9-10-14-12-6-2-4-8-16(12)20-18(14)17(13)19-15;1-3-7-13-11(5-1)17-14(19-13)9-10-16-18(17)12-6-2-4-8-15(12)20-16;1-6-12-18(13-7-1)14-8-2-4-10-16(14)19-17-11-5-3-9-15(17)18;1-2-8-14-13(7-1)15-9-3-5-11-17(15)19-18-12-6-4-10-16(14)18;1-2-8-14(9-3-1)19-17-12-6-4-10-15(17)16-11-5-7-13-18(16)19;1-3-7-13-11(5-1)9-10-12-6-2-4-8-14(12)15-13/h3*1-10,19H;2-5,8-11,19H,1,6-7,12-13H2;1-12,19H;1-13H;1-8,15H,9-10H2. The lowest BCUT2D eigenvalue weighted by molar-refractivity contribution is 0.346. The highest BCUT2D eigenvalue weighted by molar-refractivity contribution is 7.27. The predicted molar refractivity (Wildman–Crippen MR) is 571 cm³/mol. The highest BCUT2D eigenvalue weighted by Gasteiger charge is 2.41. The number of thiophene rings is 3. The highest BCUT2D eigenvalue weighted by Crippen LogP contribution is 2.54. The summed E-state index contributed by atoms with van der Waals surface area (Å²) in [4.78, 5) is 10.7. The SMILES string of the molecule is c1ccc(-n2c3ccccc3c3ccccc32)cc1.c1ccc2c(c1)CCc1ccccc1N2.c1ccc2c(c1)Nc1ccccc1-c1ccccc1-2.c1ccc2c(c1)Nc1ccccc1C21CCCCC1.c1ccc2c(c1)[nH]c1c2ccc2c3ccccc3sc21.c1ccc2c(c1)[nH]c1cc3c(cc12)sc1ccccc13.c1ccc2c(c1)[nH]c1ccc3sc4ccccc4c3c12. The summed E-state index contributed by atoms with van der Waals surface area (Å²) in [5.41, 5.74) is 29.7. The Morgan fingerprint density at radius 2 is 0.644 bits per heavy atom. The van der Waals surface area contributed by atoms with Crippen LogP contribution in [0.15, 0.2) is 431 Å². The third-order valence-electron chi connectivity index (χ3n) is 27.1. The van der Waals surface area contributed by atoms with Crippen LogP contribution in [0.25, 0.3) is 176 Å².